The predicted molar refractivity (Wildman–Crippen MR) is 87.4 cm³/mol. The first-order valence-corrected chi connectivity index (χ1v) is 9.67. The Labute approximate surface area is 133 Å². The highest BCUT2D eigenvalue weighted by atomic mass is 32.2. The largest absolute Gasteiger partial charge is 0.353 e. The van der Waals surface area contributed by atoms with E-state index in [0.717, 1.165) is 32.2 Å². The lowest BCUT2D eigenvalue weighted by molar-refractivity contribution is 0.346. The lowest BCUT2D eigenvalue weighted by Gasteiger charge is -2.30. The molecule has 2 fully saturated rings. The second-order valence-electron chi connectivity index (χ2n) is 6.49. The lowest BCUT2D eigenvalue weighted by Crippen LogP contribution is -2.38. The summed E-state index contributed by atoms with van der Waals surface area (Å²) >= 11 is 0. The van der Waals surface area contributed by atoms with Gasteiger partial charge in [0.1, 0.15) is 10.7 Å². The molecule has 2 atom stereocenters. The van der Waals surface area contributed by atoms with E-state index in [2.05, 4.69) is 23.7 Å². The minimum atomic E-state index is -3.44. The molecule has 0 spiro atoms. The number of anilines is 1. The van der Waals surface area contributed by atoms with Crippen LogP contribution in [0.1, 0.15) is 39.5 Å². The van der Waals surface area contributed by atoms with Gasteiger partial charge >= 0.3 is 0 Å². The Bertz CT molecular complexity index is 626. The van der Waals surface area contributed by atoms with Gasteiger partial charge in [0, 0.05) is 31.9 Å². The van der Waals surface area contributed by atoms with Crippen LogP contribution in [0, 0.1) is 5.92 Å². The first-order valence-electron chi connectivity index (χ1n) is 8.23. The Hall–Kier alpha value is -1.14. The highest BCUT2D eigenvalue weighted by Crippen LogP contribution is 2.33. The average Bonchev–Trinajstić information content (AvgIpc) is 2.88. The molecule has 0 amide bonds. The highest BCUT2D eigenvalue weighted by Gasteiger charge is 2.34. The van der Waals surface area contributed by atoms with Gasteiger partial charge in [-0.1, -0.05) is 13.3 Å². The van der Waals surface area contributed by atoms with Gasteiger partial charge in [0.15, 0.2) is 0 Å². The van der Waals surface area contributed by atoms with Crippen LogP contribution in [0.5, 0.6) is 0 Å². The summed E-state index contributed by atoms with van der Waals surface area (Å²) < 4.78 is 27.7. The van der Waals surface area contributed by atoms with E-state index in [1.54, 1.807) is 22.6 Å². The molecule has 6 heteroatoms. The van der Waals surface area contributed by atoms with E-state index in [1.165, 1.54) is 0 Å². The van der Waals surface area contributed by atoms with Crippen molar-refractivity contribution in [3.8, 4) is 0 Å². The normalized spacial score (nSPS) is 27.3. The van der Waals surface area contributed by atoms with Gasteiger partial charge in [-0.25, -0.2) is 13.4 Å². The SMILES string of the molecule is CC1CCN(c2ncccc2S(=O)(=O)N2CCCCC2)C1C. The van der Waals surface area contributed by atoms with Crippen LogP contribution in [-0.2, 0) is 10.0 Å². The van der Waals surface area contributed by atoms with Crippen LogP contribution in [-0.4, -0.2) is 43.4 Å². The van der Waals surface area contributed by atoms with Crippen molar-refractivity contribution in [1.29, 1.82) is 0 Å². The van der Waals surface area contributed by atoms with Crippen molar-refractivity contribution in [2.45, 2.75) is 50.5 Å². The molecule has 0 aromatic carbocycles. The number of rotatable bonds is 3. The Morgan fingerprint density at radius 1 is 1.14 bits per heavy atom. The Morgan fingerprint density at radius 3 is 2.50 bits per heavy atom. The molecule has 2 aliphatic heterocycles. The summed E-state index contributed by atoms with van der Waals surface area (Å²) in [4.78, 5) is 6.95. The molecular formula is C16H25N3O2S. The minimum Gasteiger partial charge on any atom is -0.353 e. The van der Waals surface area contributed by atoms with Gasteiger partial charge in [-0.2, -0.15) is 4.31 Å². The van der Waals surface area contributed by atoms with Crippen LogP contribution in [0.4, 0.5) is 5.82 Å². The fraction of sp³-hybridized carbons (Fsp3) is 0.688. The maximum absolute atomic E-state index is 13.0. The summed E-state index contributed by atoms with van der Waals surface area (Å²) in [6, 6.07) is 3.76. The summed E-state index contributed by atoms with van der Waals surface area (Å²) in [5.74, 6) is 1.19. The average molecular weight is 323 g/mol. The third-order valence-electron chi connectivity index (χ3n) is 5.10. The van der Waals surface area contributed by atoms with Crippen molar-refractivity contribution in [3.05, 3.63) is 18.3 Å². The van der Waals surface area contributed by atoms with E-state index in [9.17, 15) is 8.42 Å². The Kier molecular flexibility index (Phi) is 4.41. The second kappa shape index (κ2) is 6.16. The molecule has 3 heterocycles. The van der Waals surface area contributed by atoms with Crippen LogP contribution in [0.15, 0.2) is 23.2 Å². The van der Waals surface area contributed by atoms with Gasteiger partial charge in [0.25, 0.3) is 0 Å². The zero-order valence-corrected chi connectivity index (χ0v) is 14.2. The molecule has 1 aromatic rings. The lowest BCUT2D eigenvalue weighted by atomic mass is 10.1. The van der Waals surface area contributed by atoms with E-state index in [-0.39, 0.29) is 0 Å². The first-order chi connectivity index (χ1) is 10.5. The van der Waals surface area contributed by atoms with Gasteiger partial charge in [-0.3, -0.25) is 0 Å². The van der Waals surface area contributed by atoms with Crippen molar-refractivity contribution in [2.24, 2.45) is 5.92 Å². The van der Waals surface area contributed by atoms with Crippen LogP contribution < -0.4 is 4.90 Å². The number of nitrogens with zero attached hydrogens (tertiary/aromatic N) is 3. The number of hydrogen-bond acceptors (Lipinski definition) is 4. The van der Waals surface area contributed by atoms with Crippen LogP contribution in [0.3, 0.4) is 0 Å². The molecule has 1 aromatic heterocycles. The van der Waals surface area contributed by atoms with Gasteiger partial charge in [-0.05, 0) is 44.2 Å². The summed E-state index contributed by atoms with van der Waals surface area (Å²) in [6.45, 7) is 6.50. The summed E-state index contributed by atoms with van der Waals surface area (Å²) in [7, 11) is -3.44. The molecule has 0 saturated carbocycles. The van der Waals surface area contributed by atoms with Crippen molar-refractivity contribution in [3.63, 3.8) is 0 Å². The molecular weight excluding hydrogens is 298 g/mol. The molecule has 0 N–H and O–H groups in total. The quantitative estimate of drug-likeness (QED) is 0.857. The number of piperidine rings is 1. The zero-order valence-electron chi connectivity index (χ0n) is 13.4. The van der Waals surface area contributed by atoms with Crippen molar-refractivity contribution >= 4 is 15.8 Å². The van der Waals surface area contributed by atoms with Crippen molar-refractivity contribution in [1.82, 2.24) is 9.29 Å². The highest BCUT2D eigenvalue weighted by molar-refractivity contribution is 7.89. The van der Waals surface area contributed by atoms with Gasteiger partial charge in [-0.15, -0.1) is 0 Å². The number of hydrogen-bond donors (Lipinski definition) is 0. The third kappa shape index (κ3) is 2.74. The molecule has 122 valence electrons. The smallest absolute Gasteiger partial charge is 0.246 e. The number of aromatic nitrogens is 1. The van der Waals surface area contributed by atoms with Crippen molar-refractivity contribution in [2.75, 3.05) is 24.5 Å². The molecule has 22 heavy (non-hydrogen) atoms. The Morgan fingerprint density at radius 2 is 1.86 bits per heavy atom. The topological polar surface area (TPSA) is 53.5 Å². The summed E-state index contributed by atoms with van der Waals surface area (Å²) in [5, 5.41) is 0. The summed E-state index contributed by atoms with van der Waals surface area (Å²) in [6.07, 6.45) is 5.80. The van der Waals surface area contributed by atoms with Gasteiger partial charge < -0.3 is 4.90 Å². The predicted octanol–water partition coefficient (Wildman–Crippen LogP) is 2.49. The zero-order chi connectivity index (χ0) is 15.7. The fourth-order valence-corrected chi connectivity index (χ4v) is 5.11. The van der Waals surface area contributed by atoms with Gasteiger partial charge in [0.05, 0.1) is 0 Å². The van der Waals surface area contributed by atoms with E-state index in [4.69, 9.17) is 0 Å². The summed E-state index contributed by atoms with van der Waals surface area (Å²) in [5.41, 5.74) is 0. The molecule has 3 rings (SSSR count). The third-order valence-corrected chi connectivity index (χ3v) is 7.02. The van der Waals surface area contributed by atoms with Crippen LogP contribution in [0.2, 0.25) is 0 Å². The van der Waals surface area contributed by atoms with E-state index >= 15 is 0 Å². The monoisotopic (exact) mass is 323 g/mol. The number of pyridine rings is 1. The molecule has 2 unspecified atom stereocenters. The van der Waals surface area contributed by atoms with E-state index < -0.39 is 10.0 Å². The maximum atomic E-state index is 13.0. The first kappa shape index (κ1) is 15.7. The van der Waals surface area contributed by atoms with Gasteiger partial charge in [0.2, 0.25) is 10.0 Å². The van der Waals surface area contributed by atoms with Crippen LogP contribution in [0.25, 0.3) is 0 Å². The molecule has 5 nitrogen and oxygen atoms in total. The fourth-order valence-electron chi connectivity index (χ4n) is 3.44. The molecule has 2 saturated heterocycles. The standard InChI is InChI=1S/C16H25N3O2S/c1-13-8-12-19(14(13)2)16-15(7-6-9-17-16)22(20,21)18-10-4-3-5-11-18/h6-7,9,13-14H,3-5,8,10-12H2,1-2H3. The van der Waals surface area contributed by atoms with Crippen LogP contribution >= 0.6 is 0 Å². The van der Waals surface area contributed by atoms with E-state index in [1.807, 2.05) is 0 Å². The molecule has 0 aliphatic carbocycles. The molecule has 2 aliphatic rings. The maximum Gasteiger partial charge on any atom is 0.246 e. The van der Waals surface area contributed by atoms with E-state index in [0.29, 0.717) is 35.8 Å². The number of sulfonamides is 1. The minimum absolute atomic E-state index is 0.324. The van der Waals surface area contributed by atoms with Crippen molar-refractivity contribution < 1.29 is 8.42 Å². The second-order valence-corrected chi connectivity index (χ2v) is 8.40. The molecule has 0 radical (unpaired) electrons. The Balaban J connectivity index is 1.97. The molecule has 0 bridgehead atoms.